The highest BCUT2D eigenvalue weighted by molar-refractivity contribution is 7.99. The number of ether oxygens (including phenoxy) is 1. The van der Waals surface area contributed by atoms with Gasteiger partial charge in [0.2, 0.25) is 5.91 Å². The molecular formula is C27H31FN2O6S. The molecule has 2 fully saturated rings. The number of amides is 1. The summed E-state index contributed by atoms with van der Waals surface area (Å²) in [5.41, 5.74) is -0.976. The van der Waals surface area contributed by atoms with Crippen molar-refractivity contribution in [2.24, 2.45) is 0 Å². The van der Waals surface area contributed by atoms with Gasteiger partial charge < -0.3 is 25.2 Å². The summed E-state index contributed by atoms with van der Waals surface area (Å²) in [6, 6.07) is 11.0. The van der Waals surface area contributed by atoms with Crippen molar-refractivity contribution in [1.82, 2.24) is 10.2 Å². The fourth-order valence-electron chi connectivity index (χ4n) is 4.96. The van der Waals surface area contributed by atoms with E-state index in [1.54, 1.807) is 53.1 Å². The van der Waals surface area contributed by atoms with Crippen molar-refractivity contribution in [3.8, 4) is 11.5 Å². The van der Waals surface area contributed by atoms with Crippen LogP contribution in [-0.2, 0) is 20.0 Å². The third-order valence-corrected chi connectivity index (χ3v) is 7.84. The normalized spacial score (nSPS) is 23.4. The minimum Gasteiger partial charge on any atom is -0.481 e. The Labute approximate surface area is 219 Å². The predicted octanol–water partition coefficient (Wildman–Crippen LogP) is 3.33. The summed E-state index contributed by atoms with van der Waals surface area (Å²) >= 11 is 1.56. The fraction of sp³-hybridized carbons (Fsp3) is 0.444. The Kier molecular flexibility index (Phi) is 8.83. The number of carbonyl (C=O) groups is 3. The molecule has 2 aromatic rings. The summed E-state index contributed by atoms with van der Waals surface area (Å²) in [4.78, 5) is 38.4. The fourth-order valence-corrected chi connectivity index (χ4v) is 5.83. The molecule has 3 atom stereocenters. The van der Waals surface area contributed by atoms with E-state index in [-0.39, 0.29) is 24.5 Å². The van der Waals surface area contributed by atoms with E-state index in [1.807, 2.05) is 0 Å². The van der Waals surface area contributed by atoms with Gasteiger partial charge in [0.05, 0.1) is 6.04 Å². The van der Waals surface area contributed by atoms with E-state index < -0.39 is 29.5 Å². The molecule has 2 aliphatic rings. The highest BCUT2D eigenvalue weighted by Gasteiger charge is 2.50. The van der Waals surface area contributed by atoms with Crippen molar-refractivity contribution in [1.29, 1.82) is 0 Å². The Morgan fingerprint density at radius 3 is 2.68 bits per heavy atom. The molecule has 0 spiro atoms. The molecule has 1 amide bonds. The first-order valence-electron chi connectivity index (χ1n) is 12.4. The molecule has 2 aromatic carbocycles. The van der Waals surface area contributed by atoms with Crippen molar-refractivity contribution in [3.63, 3.8) is 0 Å². The molecule has 198 valence electrons. The molecule has 10 heteroatoms. The van der Waals surface area contributed by atoms with E-state index in [4.69, 9.17) is 9.84 Å². The first-order valence-corrected chi connectivity index (χ1v) is 13.6. The number of carbonyl (C=O) groups excluding carboxylic acids is 2. The number of aliphatic carboxylic acids is 1. The smallest absolute Gasteiger partial charge is 0.303 e. The minimum absolute atomic E-state index is 0.0866. The molecule has 0 aliphatic carbocycles. The van der Waals surface area contributed by atoms with E-state index >= 15 is 0 Å². The Morgan fingerprint density at radius 1 is 1.16 bits per heavy atom. The van der Waals surface area contributed by atoms with Crippen LogP contribution in [0.3, 0.4) is 0 Å². The molecule has 1 unspecified atom stereocenters. The molecule has 3 N–H and O–H groups in total. The van der Waals surface area contributed by atoms with Crippen LogP contribution in [0.25, 0.3) is 0 Å². The van der Waals surface area contributed by atoms with Crippen molar-refractivity contribution in [3.05, 3.63) is 59.9 Å². The summed E-state index contributed by atoms with van der Waals surface area (Å²) in [7, 11) is 0. The van der Waals surface area contributed by atoms with Crippen LogP contribution < -0.4 is 10.1 Å². The van der Waals surface area contributed by atoms with Gasteiger partial charge in [0.1, 0.15) is 29.0 Å². The number of carboxylic acid groups (broad SMARTS) is 1. The lowest BCUT2D eigenvalue weighted by Crippen LogP contribution is -2.53. The molecule has 0 bridgehead atoms. The van der Waals surface area contributed by atoms with Crippen LogP contribution in [0.1, 0.15) is 37.7 Å². The van der Waals surface area contributed by atoms with Crippen LogP contribution in [0.4, 0.5) is 4.39 Å². The van der Waals surface area contributed by atoms with Gasteiger partial charge in [0.25, 0.3) is 0 Å². The standard InChI is InChI=1S/C27H31FN2O6S/c28-19-5-2-7-21(17-19)36-20-6-1-4-18(16-20)27(35)11-12-29-26(27)25(34)22-9-10-23(31)30(22)13-15-37-14-3-8-24(32)33/h1-2,4-7,16-17,22,26,29,35H,3,8-15H2,(H,32,33)/t22-,26-,27?/m0/s1. The monoisotopic (exact) mass is 530 g/mol. The Hall–Kier alpha value is -2.95. The molecule has 2 saturated heterocycles. The molecule has 0 aromatic heterocycles. The van der Waals surface area contributed by atoms with Crippen molar-refractivity contribution < 1.29 is 33.7 Å². The number of Topliss-reactive ketones (excluding diaryl/α,β-unsaturated/α-hetero) is 1. The molecule has 2 heterocycles. The highest BCUT2D eigenvalue weighted by atomic mass is 32.2. The van der Waals surface area contributed by atoms with Crippen LogP contribution in [0.5, 0.6) is 11.5 Å². The van der Waals surface area contributed by atoms with Gasteiger partial charge in [-0.25, -0.2) is 4.39 Å². The van der Waals surface area contributed by atoms with Gasteiger partial charge in [-0.05, 0) is 61.4 Å². The number of carboxylic acids is 1. The molecule has 8 nitrogen and oxygen atoms in total. The Balaban J connectivity index is 1.43. The highest BCUT2D eigenvalue weighted by Crippen LogP contribution is 2.37. The van der Waals surface area contributed by atoms with Crippen LogP contribution >= 0.6 is 11.8 Å². The first kappa shape index (κ1) is 27.1. The van der Waals surface area contributed by atoms with Gasteiger partial charge in [-0.1, -0.05) is 18.2 Å². The number of benzene rings is 2. The van der Waals surface area contributed by atoms with Crippen molar-refractivity contribution in [2.45, 2.75) is 49.8 Å². The topological polar surface area (TPSA) is 116 Å². The lowest BCUT2D eigenvalue weighted by Gasteiger charge is -2.33. The summed E-state index contributed by atoms with van der Waals surface area (Å²) in [5, 5.41) is 23.6. The van der Waals surface area contributed by atoms with E-state index in [9.17, 15) is 23.9 Å². The number of nitrogens with zero attached hydrogens (tertiary/aromatic N) is 1. The van der Waals surface area contributed by atoms with Gasteiger partial charge in [-0.15, -0.1) is 0 Å². The van der Waals surface area contributed by atoms with Crippen molar-refractivity contribution in [2.75, 3.05) is 24.6 Å². The van der Waals surface area contributed by atoms with Crippen LogP contribution in [0.15, 0.2) is 48.5 Å². The number of rotatable bonds is 12. The molecule has 37 heavy (non-hydrogen) atoms. The van der Waals surface area contributed by atoms with E-state index in [2.05, 4.69) is 5.32 Å². The lowest BCUT2D eigenvalue weighted by atomic mass is 9.82. The number of thioether (sulfide) groups is 1. The lowest BCUT2D eigenvalue weighted by molar-refractivity contribution is -0.137. The second kappa shape index (κ2) is 12.1. The zero-order chi connectivity index (χ0) is 26.4. The number of hydrogen-bond acceptors (Lipinski definition) is 7. The quantitative estimate of drug-likeness (QED) is 0.358. The molecular weight excluding hydrogens is 499 g/mol. The second-order valence-electron chi connectivity index (χ2n) is 9.30. The summed E-state index contributed by atoms with van der Waals surface area (Å²) in [6.07, 6.45) is 1.65. The number of likely N-dealkylation sites (tertiary alicyclic amines) is 1. The zero-order valence-electron chi connectivity index (χ0n) is 20.4. The zero-order valence-corrected chi connectivity index (χ0v) is 21.2. The maximum absolute atomic E-state index is 13.7. The first-order chi connectivity index (χ1) is 17.8. The van der Waals surface area contributed by atoms with E-state index in [1.165, 1.54) is 12.1 Å². The average Bonchev–Trinajstić information content (AvgIpc) is 3.44. The van der Waals surface area contributed by atoms with E-state index in [0.29, 0.717) is 60.9 Å². The van der Waals surface area contributed by atoms with Crippen molar-refractivity contribution >= 4 is 29.4 Å². The Bertz CT molecular complexity index is 1150. The summed E-state index contributed by atoms with van der Waals surface area (Å²) in [5.74, 6) is 0.446. The number of nitrogens with one attached hydrogen (secondary N) is 1. The van der Waals surface area contributed by atoms with Gasteiger partial charge in [-0.3, -0.25) is 14.4 Å². The van der Waals surface area contributed by atoms with Crippen LogP contribution in [-0.4, -0.2) is 69.5 Å². The van der Waals surface area contributed by atoms with Crippen LogP contribution in [0.2, 0.25) is 0 Å². The van der Waals surface area contributed by atoms with Crippen LogP contribution in [0, 0.1) is 5.82 Å². The molecule has 4 rings (SSSR count). The average molecular weight is 531 g/mol. The van der Waals surface area contributed by atoms with Gasteiger partial charge in [0.15, 0.2) is 5.78 Å². The summed E-state index contributed by atoms with van der Waals surface area (Å²) in [6.45, 7) is 0.830. The predicted molar refractivity (Wildman–Crippen MR) is 137 cm³/mol. The third-order valence-electron chi connectivity index (χ3n) is 6.79. The molecule has 0 saturated carbocycles. The number of aliphatic hydroxyl groups is 1. The van der Waals surface area contributed by atoms with Gasteiger partial charge >= 0.3 is 5.97 Å². The second-order valence-corrected chi connectivity index (χ2v) is 10.5. The summed E-state index contributed by atoms with van der Waals surface area (Å²) < 4.78 is 19.3. The largest absolute Gasteiger partial charge is 0.481 e. The number of hydrogen-bond donors (Lipinski definition) is 3. The molecule has 2 aliphatic heterocycles. The SMILES string of the molecule is O=C(O)CCCSCCN1C(=O)CC[C@H]1C(=O)[C@@H]1NCCC1(O)c1cccc(Oc2cccc(F)c2)c1. The third kappa shape index (κ3) is 6.49. The maximum atomic E-state index is 13.7. The van der Waals surface area contributed by atoms with E-state index in [0.717, 1.165) is 0 Å². The minimum atomic E-state index is -1.48. The number of ketones is 1. The molecule has 0 radical (unpaired) electrons. The maximum Gasteiger partial charge on any atom is 0.303 e. The Morgan fingerprint density at radius 2 is 1.92 bits per heavy atom. The van der Waals surface area contributed by atoms with Gasteiger partial charge in [0, 0.05) is 31.2 Å². The number of halogens is 1. The van der Waals surface area contributed by atoms with Gasteiger partial charge in [-0.2, -0.15) is 11.8 Å².